The smallest absolute Gasteiger partial charge is 0.313 e. The Balaban J connectivity index is 1.83. The number of amides is 2. The lowest BCUT2D eigenvalue weighted by Gasteiger charge is -2.44. The van der Waals surface area contributed by atoms with Crippen LogP contribution in [0.15, 0.2) is 24.3 Å². The highest BCUT2D eigenvalue weighted by Gasteiger charge is 2.74. The summed E-state index contributed by atoms with van der Waals surface area (Å²) in [5.74, 6) is -2.69. The van der Waals surface area contributed by atoms with E-state index in [9.17, 15) is 19.5 Å². The molecular weight excluding hydrogens is 448 g/mol. The van der Waals surface area contributed by atoms with E-state index in [1.165, 1.54) is 4.90 Å². The Bertz CT molecular complexity index is 950. The fourth-order valence-corrected chi connectivity index (χ4v) is 6.91. The Kier molecular flexibility index (Phi) is 6.46. The maximum Gasteiger partial charge on any atom is 0.313 e. The molecule has 1 spiro atoms. The van der Waals surface area contributed by atoms with E-state index in [-0.39, 0.29) is 37.0 Å². The number of rotatable bonds is 5. The number of cyclic esters (lactones) is 1. The first-order valence-electron chi connectivity index (χ1n) is 12.7. The van der Waals surface area contributed by atoms with Crippen LogP contribution >= 0.6 is 0 Å². The molecule has 1 N–H and O–H groups in total. The van der Waals surface area contributed by atoms with Crippen molar-refractivity contribution in [1.29, 1.82) is 0 Å². The summed E-state index contributed by atoms with van der Waals surface area (Å²) in [7, 11) is 0. The van der Waals surface area contributed by atoms with E-state index >= 15 is 0 Å². The minimum atomic E-state index is -1.29. The van der Waals surface area contributed by atoms with Gasteiger partial charge >= 0.3 is 5.97 Å². The molecule has 2 saturated heterocycles. The fourth-order valence-electron chi connectivity index (χ4n) is 6.91. The maximum absolute atomic E-state index is 14.4. The molecule has 0 aromatic rings. The van der Waals surface area contributed by atoms with E-state index in [2.05, 4.69) is 34.6 Å². The first kappa shape index (κ1) is 25.9. The van der Waals surface area contributed by atoms with Crippen LogP contribution in [0, 0.1) is 17.3 Å². The third-order valence-electron chi connectivity index (χ3n) is 7.77. The van der Waals surface area contributed by atoms with Crippen molar-refractivity contribution >= 4 is 17.8 Å². The predicted molar refractivity (Wildman–Crippen MR) is 130 cm³/mol. The van der Waals surface area contributed by atoms with Crippen molar-refractivity contribution in [2.45, 2.75) is 83.6 Å². The van der Waals surface area contributed by atoms with E-state index in [1.807, 2.05) is 29.2 Å². The number of hydrogen-bond donors (Lipinski definition) is 1. The largest absolute Gasteiger partial charge is 0.465 e. The molecule has 4 rings (SSSR count). The van der Waals surface area contributed by atoms with Gasteiger partial charge in [0, 0.05) is 25.2 Å². The molecule has 2 fully saturated rings. The van der Waals surface area contributed by atoms with Crippen molar-refractivity contribution in [3.05, 3.63) is 24.3 Å². The minimum absolute atomic E-state index is 0.0145. The summed E-state index contributed by atoms with van der Waals surface area (Å²) < 4.78 is 12.2. The summed E-state index contributed by atoms with van der Waals surface area (Å²) in [6.07, 6.45) is 9.21. The number of likely N-dealkylation sites (tertiary alicyclic amines) is 1. The summed E-state index contributed by atoms with van der Waals surface area (Å²) in [6.45, 7) is 13.1. The van der Waals surface area contributed by atoms with Gasteiger partial charge in [0.05, 0.1) is 18.1 Å². The Morgan fingerprint density at radius 3 is 2.43 bits per heavy atom. The van der Waals surface area contributed by atoms with Crippen molar-refractivity contribution in [3.8, 4) is 0 Å². The third kappa shape index (κ3) is 4.22. The number of aliphatic hydroxyl groups excluding tert-OH is 1. The Hall–Kier alpha value is -2.19. The lowest BCUT2D eigenvalue weighted by Crippen LogP contribution is -2.60. The molecule has 0 radical (unpaired) electrons. The molecular formula is C27H40N2O6. The number of ether oxygens (including phenoxy) is 2. The van der Waals surface area contributed by atoms with E-state index in [0.29, 0.717) is 19.4 Å². The highest BCUT2D eigenvalue weighted by atomic mass is 16.6. The SMILES string of the molecule is CC(C)(C)CC(C)(C)N1CC=C[C@]23O[C@@]4(C)C=CCCOC(=O)[C@H]4[C@H]2C(=O)N(CCCO)C3C1=O. The molecule has 4 aliphatic rings. The Labute approximate surface area is 208 Å². The van der Waals surface area contributed by atoms with Gasteiger partial charge in [0.15, 0.2) is 0 Å². The average Bonchev–Trinajstić information content (AvgIpc) is 3.03. The van der Waals surface area contributed by atoms with Crippen LogP contribution in [0.4, 0.5) is 0 Å². The van der Waals surface area contributed by atoms with E-state index in [1.54, 1.807) is 6.92 Å². The van der Waals surface area contributed by atoms with Gasteiger partial charge in [-0.3, -0.25) is 14.4 Å². The number of hydrogen-bond acceptors (Lipinski definition) is 6. The predicted octanol–water partition coefficient (Wildman–Crippen LogP) is 2.46. The molecule has 1 unspecified atom stereocenters. The van der Waals surface area contributed by atoms with Crippen LogP contribution < -0.4 is 0 Å². The lowest BCUT2D eigenvalue weighted by molar-refractivity contribution is -0.161. The van der Waals surface area contributed by atoms with Gasteiger partial charge in [-0.05, 0) is 45.4 Å². The first-order valence-corrected chi connectivity index (χ1v) is 12.7. The standard InChI is InChI=1S/C27H40N2O6/c1-24(2,3)17-25(4,5)29-14-9-12-27-18(21(31)28(13-10-15-30)20(27)22(29)32)19-23(33)34-16-8-7-11-26(19,6)35-27/h7,9,11-12,18-20,30H,8,10,13-17H2,1-6H3/t18-,19+,20?,26-,27-/m0/s1. The van der Waals surface area contributed by atoms with Gasteiger partial charge in [-0.15, -0.1) is 0 Å². The molecule has 5 atom stereocenters. The molecule has 8 nitrogen and oxygen atoms in total. The summed E-state index contributed by atoms with van der Waals surface area (Å²) in [5.41, 5.74) is -2.85. The molecule has 2 amide bonds. The Morgan fingerprint density at radius 1 is 1.06 bits per heavy atom. The van der Waals surface area contributed by atoms with E-state index in [4.69, 9.17) is 9.47 Å². The molecule has 0 bridgehead atoms. The lowest BCUT2D eigenvalue weighted by atomic mass is 9.74. The van der Waals surface area contributed by atoms with Crippen molar-refractivity contribution in [1.82, 2.24) is 9.80 Å². The number of aliphatic hydroxyl groups is 1. The summed E-state index contributed by atoms with van der Waals surface area (Å²) in [4.78, 5) is 44.9. The molecule has 0 saturated carbocycles. The van der Waals surface area contributed by atoms with Crippen LogP contribution in [0.2, 0.25) is 0 Å². The highest BCUT2D eigenvalue weighted by Crippen LogP contribution is 2.57. The summed E-state index contributed by atoms with van der Waals surface area (Å²) >= 11 is 0. The summed E-state index contributed by atoms with van der Waals surface area (Å²) in [5, 5.41) is 9.52. The minimum Gasteiger partial charge on any atom is -0.465 e. The van der Waals surface area contributed by atoms with Gasteiger partial charge < -0.3 is 24.4 Å². The van der Waals surface area contributed by atoms with E-state index < -0.39 is 40.6 Å². The van der Waals surface area contributed by atoms with Gasteiger partial charge in [-0.25, -0.2) is 0 Å². The van der Waals surface area contributed by atoms with Gasteiger partial charge in [-0.1, -0.05) is 45.1 Å². The third-order valence-corrected chi connectivity index (χ3v) is 7.77. The highest BCUT2D eigenvalue weighted by molar-refractivity contribution is 5.99. The molecule has 194 valence electrons. The van der Waals surface area contributed by atoms with Crippen molar-refractivity contribution in [2.24, 2.45) is 17.3 Å². The van der Waals surface area contributed by atoms with Crippen LogP contribution in [-0.4, -0.2) is 81.8 Å². The number of carbonyl (C=O) groups excluding carboxylic acids is 3. The van der Waals surface area contributed by atoms with Crippen LogP contribution in [0.1, 0.15) is 60.8 Å². The van der Waals surface area contributed by atoms with Crippen LogP contribution in [0.25, 0.3) is 0 Å². The van der Waals surface area contributed by atoms with E-state index in [0.717, 1.165) is 6.42 Å². The quantitative estimate of drug-likeness (QED) is 0.472. The number of fused-ring (bicyclic) bond motifs is 2. The molecule has 0 aliphatic carbocycles. The molecule has 8 heteroatoms. The molecule has 0 aromatic carbocycles. The van der Waals surface area contributed by atoms with Crippen LogP contribution in [0.5, 0.6) is 0 Å². The van der Waals surface area contributed by atoms with Crippen LogP contribution in [-0.2, 0) is 23.9 Å². The number of carbonyl (C=O) groups is 3. The van der Waals surface area contributed by atoms with Gasteiger partial charge in [0.2, 0.25) is 11.8 Å². The normalized spacial score (nSPS) is 35.3. The van der Waals surface area contributed by atoms with Crippen molar-refractivity contribution in [2.75, 3.05) is 26.3 Å². The maximum atomic E-state index is 14.4. The molecule has 0 aromatic heterocycles. The second-order valence-electron chi connectivity index (χ2n) is 12.4. The first-order chi connectivity index (χ1) is 16.3. The molecule has 35 heavy (non-hydrogen) atoms. The monoisotopic (exact) mass is 488 g/mol. The van der Waals surface area contributed by atoms with Gasteiger partial charge in [0.25, 0.3) is 0 Å². The van der Waals surface area contributed by atoms with Crippen LogP contribution in [0.3, 0.4) is 0 Å². The summed E-state index contributed by atoms with van der Waals surface area (Å²) in [6, 6.07) is -0.921. The second kappa shape index (κ2) is 8.73. The zero-order valence-electron chi connectivity index (χ0n) is 21.9. The Morgan fingerprint density at radius 2 is 1.77 bits per heavy atom. The zero-order chi connectivity index (χ0) is 25.8. The number of esters is 1. The molecule has 4 heterocycles. The van der Waals surface area contributed by atoms with Crippen molar-refractivity contribution in [3.63, 3.8) is 0 Å². The zero-order valence-corrected chi connectivity index (χ0v) is 21.9. The van der Waals surface area contributed by atoms with Crippen molar-refractivity contribution < 1.29 is 29.0 Å². The molecule has 4 aliphatic heterocycles. The van der Waals surface area contributed by atoms with Gasteiger partial charge in [-0.2, -0.15) is 0 Å². The fraction of sp³-hybridized carbons (Fsp3) is 0.741. The van der Waals surface area contributed by atoms with Gasteiger partial charge in [0.1, 0.15) is 17.6 Å². The second-order valence-corrected chi connectivity index (χ2v) is 12.4. The topological polar surface area (TPSA) is 96.4 Å². The number of nitrogens with zero attached hydrogens (tertiary/aromatic N) is 2. The average molecular weight is 489 g/mol.